The molecule has 204 valence electrons. The maximum absolute atomic E-state index is 13.5. The fourth-order valence-corrected chi connectivity index (χ4v) is 5.32. The van der Waals surface area contributed by atoms with Gasteiger partial charge in [0.1, 0.15) is 11.9 Å². The average molecular weight is 534 g/mol. The standard InChI is InChI=1S/C28H32FN7O3/c1-15(2)27(38)39-18-11-22(23(37)10-16-6-9-24(29)30-13-16)36(14-18)28-31-20-5-3-4-19(20)26(33-28)32-25-12-21(34-35-25)17-7-8-17/h6,9,12-13,15,17-18,22H,3-5,7-8,10-11,14H2,1-2H3,(H2,31,32,33,34,35). The van der Waals surface area contributed by atoms with Crippen LogP contribution >= 0.6 is 0 Å². The highest BCUT2D eigenvalue weighted by atomic mass is 19.1. The summed E-state index contributed by atoms with van der Waals surface area (Å²) >= 11 is 0. The van der Waals surface area contributed by atoms with E-state index >= 15 is 0 Å². The van der Waals surface area contributed by atoms with Crippen LogP contribution in [0.5, 0.6) is 0 Å². The molecule has 2 unspecified atom stereocenters. The first-order valence-corrected chi connectivity index (χ1v) is 13.7. The zero-order valence-corrected chi connectivity index (χ0v) is 22.1. The topological polar surface area (TPSA) is 126 Å². The third-order valence-corrected chi connectivity index (χ3v) is 7.60. The summed E-state index contributed by atoms with van der Waals surface area (Å²) < 4.78 is 19.1. The normalized spacial score (nSPS) is 20.4. The smallest absolute Gasteiger partial charge is 0.308 e. The predicted octanol–water partition coefficient (Wildman–Crippen LogP) is 3.80. The van der Waals surface area contributed by atoms with Crippen molar-refractivity contribution < 1.29 is 18.7 Å². The third kappa shape index (κ3) is 5.48. The van der Waals surface area contributed by atoms with E-state index in [0.717, 1.165) is 36.2 Å². The summed E-state index contributed by atoms with van der Waals surface area (Å²) in [7, 11) is 0. The summed E-state index contributed by atoms with van der Waals surface area (Å²) in [6, 6.07) is 4.23. The lowest BCUT2D eigenvalue weighted by Crippen LogP contribution is -2.38. The second-order valence-corrected chi connectivity index (χ2v) is 11.0. The number of aromatic amines is 1. The molecule has 0 aromatic carbocycles. The van der Waals surface area contributed by atoms with Crippen LogP contribution < -0.4 is 10.2 Å². The first kappa shape index (κ1) is 25.4. The molecule has 0 spiro atoms. The Morgan fingerprint density at radius 1 is 1.23 bits per heavy atom. The fraction of sp³-hybridized carbons (Fsp3) is 0.500. The maximum Gasteiger partial charge on any atom is 0.308 e. The number of fused-ring (bicyclic) bond motifs is 1. The molecule has 0 radical (unpaired) electrons. The molecular weight excluding hydrogens is 501 g/mol. The number of H-pyrrole nitrogens is 1. The summed E-state index contributed by atoms with van der Waals surface area (Å²) in [6.07, 6.45) is 6.33. The van der Waals surface area contributed by atoms with E-state index in [9.17, 15) is 14.0 Å². The van der Waals surface area contributed by atoms with Crippen LogP contribution in [0.1, 0.15) is 68.0 Å². The molecule has 2 atom stereocenters. The zero-order valence-electron chi connectivity index (χ0n) is 22.1. The Labute approximate surface area is 225 Å². The molecule has 2 N–H and O–H groups in total. The number of ketones is 1. The number of aromatic nitrogens is 5. The van der Waals surface area contributed by atoms with E-state index in [1.165, 1.54) is 25.1 Å². The van der Waals surface area contributed by atoms with Crippen molar-refractivity contribution in [1.29, 1.82) is 0 Å². The number of ether oxygens (including phenoxy) is 1. The third-order valence-electron chi connectivity index (χ3n) is 7.60. The summed E-state index contributed by atoms with van der Waals surface area (Å²) in [5, 5.41) is 10.9. The minimum Gasteiger partial charge on any atom is -0.460 e. The number of hydrogen-bond donors (Lipinski definition) is 2. The molecule has 0 amide bonds. The number of anilines is 3. The number of aryl methyl sites for hydroxylation is 1. The number of pyridine rings is 1. The highest BCUT2D eigenvalue weighted by Gasteiger charge is 2.41. The van der Waals surface area contributed by atoms with Crippen LogP contribution in [0.3, 0.4) is 0 Å². The number of hydrogen-bond acceptors (Lipinski definition) is 9. The molecule has 0 bridgehead atoms. The lowest BCUT2D eigenvalue weighted by Gasteiger charge is -2.24. The van der Waals surface area contributed by atoms with Crippen LogP contribution in [0, 0.1) is 11.9 Å². The van der Waals surface area contributed by atoms with Crippen molar-refractivity contribution in [2.45, 2.75) is 76.9 Å². The van der Waals surface area contributed by atoms with Gasteiger partial charge < -0.3 is 15.0 Å². The van der Waals surface area contributed by atoms with Gasteiger partial charge in [-0.3, -0.25) is 14.7 Å². The highest BCUT2D eigenvalue weighted by molar-refractivity contribution is 5.89. The molecule has 6 rings (SSSR count). The maximum atomic E-state index is 13.5. The van der Waals surface area contributed by atoms with Crippen LogP contribution in [-0.2, 0) is 33.6 Å². The van der Waals surface area contributed by atoms with Gasteiger partial charge in [-0.1, -0.05) is 19.9 Å². The van der Waals surface area contributed by atoms with Gasteiger partial charge in [0.25, 0.3) is 0 Å². The van der Waals surface area contributed by atoms with Gasteiger partial charge in [0.05, 0.1) is 24.2 Å². The zero-order chi connectivity index (χ0) is 27.1. The molecule has 11 heteroatoms. The lowest BCUT2D eigenvalue weighted by molar-refractivity contribution is -0.152. The van der Waals surface area contributed by atoms with Crippen LogP contribution in [-0.4, -0.2) is 55.6 Å². The van der Waals surface area contributed by atoms with E-state index in [1.807, 2.05) is 11.0 Å². The van der Waals surface area contributed by atoms with Crippen LogP contribution in [0.2, 0.25) is 0 Å². The Hall–Kier alpha value is -3.89. The van der Waals surface area contributed by atoms with Crippen molar-refractivity contribution >= 4 is 29.3 Å². The summed E-state index contributed by atoms with van der Waals surface area (Å²) in [4.78, 5) is 41.2. The van der Waals surface area contributed by atoms with Gasteiger partial charge in [-0.05, 0) is 43.7 Å². The van der Waals surface area contributed by atoms with Crippen LogP contribution in [0.4, 0.5) is 22.0 Å². The van der Waals surface area contributed by atoms with E-state index in [-0.39, 0.29) is 24.1 Å². The van der Waals surface area contributed by atoms with Gasteiger partial charge >= 0.3 is 5.97 Å². The van der Waals surface area contributed by atoms with Crippen molar-refractivity contribution in [3.63, 3.8) is 0 Å². The Morgan fingerprint density at radius 3 is 2.82 bits per heavy atom. The first-order chi connectivity index (χ1) is 18.8. The summed E-state index contributed by atoms with van der Waals surface area (Å²) in [5.41, 5.74) is 3.76. The number of carbonyl (C=O) groups excluding carboxylic acids is 2. The van der Waals surface area contributed by atoms with Gasteiger partial charge in [-0.15, -0.1) is 0 Å². The van der Waals surface area contributed by atoms with Crippen LogP contribution in [0.25, 0.3) is 0 Å². The van der Waals surface area contributed by atoms with Crippen molar-refractivity contribution in [1.82, 2.24) is 25.1 Å². The molecule has 2 aliphatic carbocycles. The molecule has 10 nitrogen and oxygen atoms in total. The van der Waals surface area contributed by atoms with Gasteiger partial charge in [-0.2, -0.15) is 14.5 Å². The second kappa shape index (κ2) is 10.3. The molecular formula is C28H32FN7O3. The van der Waals surface area contributed by atoms with Gasteiger partial charge in [0, 0.05) is 42.3 Å². The molecule has 1 saturated carbocycles. The Kier molecular flexibility index (Phi) is 6.74. The van der Waals surface area contributed by atoms with Gasteiger partial charge in [0.2, 0.25) is 11.9 Å². The van der Waals surface area contributed by atoms with Gasteiger partial charge in [-0.25, -0.2) is 9.97 Å². The molecule has 1 saturated heterocycles. The Balaban J connectivity index is 1.29. The van der Waals surface area contributed by atoms with Crippen molar-refractivity contribution in [2.24, 2.45) is 5.92 Å². The van der Waals surface area contributed by atoms with E-state index in [0.29, 0.717) is 42.0 Å². The van der Waals surface area contributed by atoms with E-state index in [1.54, 1.807) is 19.9 Å². The molecule has 39 heavy (non-hydrogen) atoms. The summed E-state index contributed by atoms with van der Waals surface area (Å²) in [5.74, 6) is 1.11. The Bertz CT molecular complexity index is 1390. The molecule has 1 aliphatic heterocycles. The molecule has 2 fully saturated rings. The molecule has 4 heterocycles. The minimum atomic E-state index is -0.598. The lowest BCUT2D eigenvalue weighted by atomic mass is 10.0. The number of Topliss-reactive ketones (excluding diaryl/α,β-unsaturated/α-hetero) is 1. The highest BCUT2D eigenvalue weighted by Crippen LogP contribution is 2.40. The number of esters is 1. The van der Waals surface area contributed by atoms with E-state index in [4.69, 9.17) is 14.7 Å². The quantitative estimate of drug-likeness (QED) is 0.312. The average Bonchev–Trinajstić information content (AvgIpc) is 3.27. The fourth-order valence-electron chi connectivity index (χ4n) is 5.32. The number of halogens is 1. The monoisotopic (exact) mass is 533 g/mol. The van der Waals surface area contributed by atoms with Crippen molar-refractivity contribution in [3.8, 4) is 0 Å². The number of rotatable bonds is 9. The Morgan fingerprint density at radius 2 is 2.08 bits per heavy atom. The number of carbonyl (C=O) groups is 2. The SMILES string of the molecule is CC(C)C(=O)OC1CC(C(=O)Cc2ccc(F)nc2)N(c2nc3c(c(Nc4cc(C5CC5)[nH]n4)n2)CCC3)C1. The van der Waals surface area contributed by atoms with Crippen LogP contribution in [0.15, 0.2) is 24.4 Å². The first-order valence-electron chi connectivity index (χ1n) is 13.7. The molecule has 3 aromatic rings. The molecule has 3 aromatic heterocycles. The largest absolute Gasteiger partial charge is 0.460 e. The van der Waals surface area contributed by atoms with Crippen molar-refractivity contribution in [2.75, 3.05) is 16.8 Å². The van der Waals surface area contributed by atoms with E-state index in [2.05, 4.69) is 20.5 Å². The minimum absolute atomic E-state index is 0.0759. The summed E-state index contributed by atoms with van der Waals surface area (Å²) in [6.45, 7) is 3.87. The van der Waals surface area contributed by atoms with E-state index < -0.39 is 18.1 Å². The number of nitrogens with one attached hydrogen (secondary N) is 2. The number of nitrogens with zero attached hydrogens (tertiary/aromatic N) is 5. The van der Waals surface area contributed by atoms with Crippen molar-refractivity contribution in [3.05, 3.63) is 52.9 Å². The molecule has 3 aliphatic rings. The second-order valence-electron chi connectivity index (χ2n) is 11.0. The van der Waals surface area contributed by atoms with Gasteiger partial charge in [0.15, 0.2) is 11.6 Å². The predicted molar refractivity (Wildman–Crippen MR) is 141 cm³/mol.